The number of aromatic nitrogens is 2. The van der Waals surface area contributed by atoms with Crippen molar-refractivity contribution in [3.8, 4) is 5.75 Å². The predicted octanol–water partition coefficient (Wildman–Crippen LogP) is 3.16. The van der Waals surface area contributed by atoms with Gasteiger partial charge in [0, 0.05) is 10.8 Å². The molecule has 0 spiro atoms. The van der Waals surface area contributed by atoms with Crippen LogP contribution in [0, 0.1) is 0 Å². The molecule has 2 aromatic heterocycles. The molecule has 0 amide bonds. The number of esters is 1. The number of hydrogen-bond acceptors (Lipinski definition) is 4. The largest absolute Gasteiger partial charge is 0.507 e. The molecule has 0 saturated carbocycles. The summed E-state index contributed by atoms with van der Waals surface area (Å²) in [5.74, 6) is -0.240. The fraction of sp³-hybridized carbons (Fsp3) is 0.250. The highest BCUT2D eigenvalue weighted by Crippen LogP contribution is 2.35. The van der Waals surface area contributed by atoms with E-state index in [1.54, 1.807) is 25.3 Å². The number of nitrogens with zero attached hydrogens (tertiary/aromatic N) is 1. The minimum Gasteiger partial charge on any atom is -0.507 e. The molecule has 108 valence electrons. The van der Waals surface area contributed by atoms with Crippen LogP contribution in [0.1, 0.15) is 29.9 Å². The lowest BCUT2D eigenvalue weighted by atomic mass is 10.0. The van der Waals surface area contributed by atoms with Crippen LogP contribution in [-0.4, -0.2) is 27.7 Å². The van der Waals surface area contributed by atoms with Crippen molar-refractivity contribution in [3.05, 3.63) is 35.7 Å². The maximum absolute atomic E-state index is 12.1. The molecule has 0 aliphatic heterocycles. The van der Waals surface area contributed by atoms with Crippen molar-refractivity contribution >= 4 is 27.8 Å². The first kappa shape index (κ1) is 13.4. The average Bonchev–Trinajstić information content (AvgIpc) is 2.86. The lowest BCUT2D eigenvalue weighted by molar-refractivity contribution is 0.0518. The molecule has 3 aromatic rings. The highest BCUT2D eigenvalue weighted by atomic mass is 16.5. The highest BCUT2D eigenvalue weighted by molar-refractivity contribution is 6.13. The van der Waals surface area contributed by atoms with Gasteiger partial charge in [-0.15, -0.1) is 0 Å². The van der Waals surface area contributed by atoms with Gasteiger partial charge in [0.2, 0.25) is 0 Å². The van der Waals surface area contributed by atoms with Crippen molar-refractivity contribution in [2.75, 3.05) is 6.61 Å². The monoisotopic (exact) mass is 284 g/mol. The second kappa shape index (κ2) is 5.09. The van der Waals surface area contributed by atoms with E-state index in [9.17, 15) is 9.90 Å². The first-order valence-electron chi connectivity index (χ1n) is 6.95. The number of aryl methyl sites for hydroxylation is 1. The summed E-state index contributed by atoms with van der Waals surface area (Å²) in [4.78, 5) is 19.5. The molecular formula is C16H16N2O3. The number of benzene rings is 1. The number of fused-ring (bicyclic) bond motifs is 3. The summed E-state index contributed by atoms with van der Waals surface area (Å²) >= 11 is 0. The third-order valence-electron chi connectivity index (χ3n) is 3.56. The number of H-pyrrole nitrogens is 1. The van der Waals surface area contributed by atoms with Gasteiger partial charge in [-0.25, -0.2) is 9.78 Å². The molecule has 0 bridgehead atoms. The second-order valence-corrected chi connectivity index (χ2v) is 4.77. The van der Waals surface area contributed by atoms with E-state index in [-0.39, 0.29) is 5.75 Å². The van der Waals surface area contributed by atoms with Crippen LogP contribution in [-0.2, 0) is 11.2 Å². The number of aromatic hydroxyl groups is 1. The van der Waals surface area contributed by atoms with Crippen LogP contribution in [0.4, 0.5) is 0 Å². The van der Waals surface area contributed by atoms with Gasteiger partial charge in [0.25, 0.3) is 0 Å². The molecule has 5 heteroatoms. The molecule has 0 saturated heterocycles. The molecule has 2 heterocycles. The van der Waals surface area contributed by atoms with Gasteiger partial charge in [-0.1, -0.05) is 13.0 Å². The van der Waals surface area contributed by atoms with E-state index in [0.717, 1.165) is 27.4 Å². The molecular weight excluding hydrogens is 268 g/mol. The Morgan fingerprint density at radius 3 is 2.81 bits per heavy atom. The number of carbonyl (C=O) groups is 1. The number of aromatic amines is 1. The fourth-order valence-electron chi connectivity index (χ4n) is 2.70. The summed E-state index contributed by atoms with van der Waals surface area (Å²) in [5, 5.41) is 11.7. The number of ether oxygens (including phenoxy) is 1. The maximum Gasteiger partial charge on any atom is 0.357 e. The molecule has 2 N–H and O–H groups in total. The number of nitrogens with one attached hydrogen (secondary N) is 1. The fourth-order valence-corrected chi connectivity index (χ4v) is 2.70. The van der Waals surface area contributed by atoms with Crippen LogP contribution in [0.2, 0.25) is 0 Å². The van der Waals surface area contributed by atoms with Gasteiger partial charge in [0.15, 0.2) is 5.69 Å². The van der Waals surface area contributed by atoms with E-state index in [1.807, 2.05) is 13.0 Å². The molecule has 0 aliphatic rings. The van der Waals surface area contributed by atoms with Gasteiger partial charge in [-0.3, -0.25) is 0 Å². The quantitative estimate of drug-likeness (QED) is 0.724. The van der Waals surface area contributed by atoms with E-state index < -0.39 is 5.97 Å². The minimum absolute atomic E-state index is 0.189. The van der Waals surface area contributed by atoms with E-state index in [4.69, 9.17) is 4.74 Å². The second-order valence-electron chi connectivity index (χ2n) is 4.77. The Hall–Kier alpha value is -2.56. The maximum atomic E-state index is 12.1. The lowest BCUT2D eigenvalue weighted by Crippen LogP contribution is -2.10. The lowest BCUT2D eigenvalue weighted by Gasteiger charge is -2.08. The van der Waals surface area contributed by atoms with Gasteiger partial charge in [0.05, 0.1) is 23.8 Å². The first-order chi connectivity index (χ1) is 10.2. The molecule has 0 aliphatic carbocycles. The van der Waals surface area contributed by atoms with Crippen LogP contribution in [0.5, 0.6) is 5.75 Å². The van der Waals surface area contributed by atoms with E-state index in [0.29, 0.717) is 18.7 Å². The van der Waals surface area contributed by atoms with Gasteiger partial charge in [-0.05, 0) is 31.0 Å². The van der Waals surface area contributed by atoms with Gasteiger partial charge in [-0.2, -0.15) is 0 Å². The van der Waals surface area contributed by atoms with E-state index in [1.165, 1.54) is 0 Å². The van der Waals surface area contributed by atoms with Crippen molar-refractivity contribution in [1.82, 2.24) is 9.97 Å². The molecule has 21 heavy (non-hydrogen) atoms. The normalized spacial score (nSPS) is 11.1. The molecule has 5 nitrogen and oxygen atoms in total. The Kier molecular flexibility index (Phi) is 3.25. The Labute approximate surface area is 121 Å². The Morgan fingerprint density at radius 1 is 1.29 bits per heavy atom. The number of hydrogen-bond donors (Lipinski definition) is 2. The predicted molar refractivity (Wildman–Crippen MR) is 80.6 cm³/mol. The number of rotatable bonds is 3. The summed E-state index contributed by atoms with van der Waals surface area (Å²) in [5.41, 5.74) is 2.73. The third kappa shape index (κ3) is 2.01. The molecule has 1 aromatic carbocycles. The summed E-state index contributed by atoms with van der Waals surface area (Å²) in [7, 11) is 0. The number of carbonyl (C=O) groups excluding carboxylic acids is 1. The van der Waals surface area contributed by atoms with Gasteiger partial charge >= 0.3 is 5.97 Å². The molecule has 0 fully saturated rings. The van der Waals surface area contributed by atoms with Gasteiger partial charge in [0.1, 0.15) is 5.75 Å². The summed E-state index contributed by atoms with van der Waals surface area (Å²) < 4.78 is 5.06. The van der Waals surface area contributed by atoms with E-state index >= 15 is 0 Å². The highest BCUT2D eigenvalue weighted by Gasteiger charge is 2.20. The summed E-state index contributed by atoms with van der Waals surface area (Å²) in [6.07, 6.45) is 2.24. The smallest absolute Gasteiger partial charge is 0.357 e. The Morgan fingerprint density at radius 2 is 2.10 bits per heavy atom. The van der Waals surface area contributed by atoms with Crippen LogP contribution in [0.3, 0.4) is 0 Å². The third-order valence-corrected chi connectivity index (χ3v) is 3.56. The van der Waals surface area contributed by atoms with Crippen LogP contribution in [0.25, 0.3) is 21.8 Å². The van der Waals surface area contributed by atoms with Crippen LogP contribution in [0.15, 0.2) is 24.4 Å². The zero-order chi connectivity index (χ0) is 15.0. The van der Waals surface area contributed by atoms with Crippen molar-refractivity contribution in [1.29, 1.82) is 0 Å². The minimum atomic E-state index is -0.430. The zero-order valence-electron chi connectivity index (χ0n) is 11.9. The van der Waals surface area contributed by atoms with Crippen molar-refractivity contribution in [2.24, 2.45) is 0 Å². The van der Waals surface area contributed by atoms with E-state index in [2.05, 4.69) is 9.97 Å². The van der Waals surface area contributed by atoms with Gasteiger partial charge < -0.3 is 14.8 Å². The Balaban J connectivity index is 2.39. The topological polar surface area (TPSA) is 75.2 Å². The van der Waals surface area contributed by atoms with Crippen LogP contribution >= 0.6 is 0 Å². The molecule has 0 unspecified atom stereocenters. The van der Waals surface area contributed by atoms with Crippen LogP contribution < -0.4 is 0 Å². The van der Waals surface area contributed by atoms with Crippen molar-refractivity contribution < 1.29 is 14.6 Å². The average molecular weight is 284 g/mol. The Bertz CT molecular complexity index is 836. The van der Waals surface area contributed by atoms with Crippen molar-refractivity contribution in [3.63, 3.8) is 0 Å². The summed E-state index contributed by atoms with van der Waals surface area (Å²) in [6.45, 7) is 4.03. The SMILES string of the molecule is CCOC(=O)c1ncc2[nH]c3cccc(O)c3c2c1CC. The molecule has 3 rings (SSSR count). The molecule has 0 radical (unpaired) electrons. The standard InChI is InChI=1S/C16H16N2O3/c1-3-9-13-11(8-17-15(9)16(20)21-4-2)18-10-6-5-7-12(19)14(10)13/h5-8,18-19H,3-4H2,1-2H3. The number of phenolic OH excluding ortho intramolecular Hbond substituents is 1. The zero-order valence-corrected chi connectivity index (χ0v) is 11.9. The number of phenols is 1. The molecule has 0 atom stereocenters. The number of pyridine rings is 1. The first-order valence-corrected chi connectivity index (χ1v) is 6.95. The van der Waals surface area contributed by atoms with Crippen molar-refractivity contribution in [2.45, 2.75) is 20.3 Å². The summed E-state index contributed by atoms with van der Waals surface area (Å²) in [6, 6.07) is 5.30.